The van der Waals surface area contributed by atoms with E-state index in [-0.39, 0.29) is 5.54 Å². The summed E-state index contributed by atoms with van der Waals surface area (Å²) in [6.07, 6.45) is 13.4. The monoisotopic (exact) mass is 269 g/mol. The predicted octanol–water partition coefficient (Wildman–Crippen LogP) is 3.09. The fourth-order valence-electron chi connectivity index (χ4n) is 3.70. The van der Waals surface area contributed by atoms with Crippen LogP contribution in [0.3, 0.4) is 0 Å². The van der Waals surface area contributed by atoms with Gasteiger partial charge in [0.05, 0.1) is 6.61 Å². The van der Waals surface area contributed by atoms with Gasteiger partial charge in [0, 0.05) is 22.1 Å². The molecule has 3 aliphatic rings. The zero-order chi connectivity index (χ0) is 12.4. The van der Waals surface area contributed by atoms with E-state index in [0.717, 1.165) is 10.5 Å². The van der Waals surface area contributed by atoms with E-state index in [0.29, 0.717) is 12.6 Å². The third-order valence-electron chi connectivity index (χ3n) is 4.88. The third-order valence-corrected chi connectivity index (χ3v) is 6.52. The average molecular weight is 269 g/mol. The van der Waals surface area contributed by atoms with Crippen LogP contribution < -0.4 is 5.32 Å². The minimum absolute atomic E-state index is 0.0652. The molecule has 3 aliphatic carbocycles. The normalized spacial score (nSPS) is 38.2. The van der Waals surface area contributed by atoms with Crippen molar-refractivity contribution in [3.63, 3.8) is 0 Å². The number of hydrogen-bond donors (Lipinski definition) is 2. The topological polar surface area (TPSA) is 32.3 Å². The molecule has 104 valence electrons. The first-order chi connectivity index (χ1) is 8.80. The van der Waals surface area contributed by atoms with Gasteiger partial charge in [-0.1, -0.05) is 19.3 Å². The van der Waals surface area contributed by atoms with Crippen molar-refractivity contribution in [3.8, 4) is 0 Å². The summed E-state index contributed by atoms with van der Waals surface area (Å²) in [7, 11) is 0. The number of rotatable bonds is 5. The van der Waals surface area contributed by atoms with Crippen LogP contribution in [0.2, 0.25) is 0 Å². The Morgan fingerprint density at radius 3 is 2.39 bits per heavy atom. The van der Waals surface area contributed by atoms with Crippen molar-refractivity contribution in [1.29, 1.82) is 0 Å². The van der Waals surface area contributed by atoms with Crippen LogP contribution in [0.4, 0.5) is 0 Å². The van der Waals surface area contributed by atoms with Crippen molar-refractivity contribution in [3.05, 3.63) is 0 Å². The van der Waals surface area contributed by atoms with Gasteiger partial charge in [0.2, 0.25) is 0 Å². The Bertz CT molecular complexity index is 276. The largest absolute Gasteiger partial charge is 0.394 e. The number of aliphatic hydroxyl groups is 1. The average Bonchev–Trinajstić information content (AvgIpc) is 3.03. The van der Waals surface area contributed by atoms with Gasteiger partial charge in [-0.05, 0) is 44.9 Å². The molecule has 0 aromatic heterocycles. The molecule has 2 unspecified atom stereocenters. The number of nitrogens with one attached hydrogen (secondary N) is 1. The second kappa shape index (κ2) is 5.72. The van der Waals surface area contributed by atoms with Crippen molar-refractivity contribution < 1.29 is 5.11 Å². The standard InChI is InChI=1S/C15H27NOS/c17-11-15(16-12-7-8-12)9-3-6-14(10-15)18-13-4-1-2-5-13/h12-14,16-17H,1-11H2. The first kappa shape index (κ1) is 13.3. The molecule has 2 atom stereocenters. The molecule has 0 amide bonds. The Labute approximate surface area is 115 Å². The Hall–Kier alpha value is 0.270. The molecular weight excluding hydrogens is 242 g/mol. The minimum atomic E-state index is 0.0652. The van der Waals surface area contributed by atoms with Crippen LogP contribution in [0.25, 0.3) is 0 Å². The van der Waals surface area contributed by atoms with E-state index in [1.165, 1.54) is 64.2 Å². The van der Waals surface area contributed by atoms with Crippen molar-refractivity contribution in [2.75, 3.05) is 6.61 Å². The number of hydrogen-bond acceptors (Lipinski definition) is 3. The summed E-state index contributed by atoms with van der Waals surface area (Å²) in [6, 6.07) is 0.715. The summed E-state index contributed by atoms with van der Waals surface area (Å²) < 4.78 is 0. The molecule has 2 nitrogen and oxygen atoms in total. The predicted molar refractivity (Wildman–Crippen MR) is 78.1 cm³/mol. The highest BCUT2D eigenvalue weighted by Gasteiger charge is 2.40. The van der Waals surface area contributed by atoms with Gasteiger partial charge in [-0.15, -0.1) is 0 Å². The maximum absolute atomic E-state index is 9.83. The fraction of sp³-hybridized carbons (Fsp3) is 1.00. The third kappa shape index (κ3) is 3.23. The quantitative estimate of drug-likeness (QED) is 0.804. The first-order valence-corrected chi connectivity index (χ1v) is 8.78. The first-order valence-electron chi connectivity index (χ1n) is 7.84. The van der Waals surface area contributed by atoms with Crippen molar-refractivity contribution in [2.24, 2.45) is 0 Å². The van der Waals surface area contributed by atoms with Crippen LogP contribution in [0, 0.1) is 0 Å². The molecule has 0 heterocycles. The van der Waals surface area contributed by atoms with E-state index < -0.39 is 0 Å². The second-order valence-corrected chi connectivity index (χ2v) is 8.22. The summed E-state index contributed by atoms with van der Waals surface area (Å²) in [5.74, 6) is 0. The van der Waals surface area contributed by atoms with Gasteiger partial charge in [0.15, 0.2) is 0 Å². The molecule has 0 aromatic rings. The van der Waals surface area contributed by atoms with Crippen LogP contribution in [0.5, 0.6) is 0 Å². The lowest BCUT2D eigenvalue weighted by atomic mass is 9.82. The smallest absolute Gasteiger partial charge is 0.0613 e. The van der Waals surface area contributed by atoms with Gasteiger partial charge in [-0.25, -0.2) is 0 Å². The van der Waals surface area contributed by atoms with E-state index in [2.05, 4.69) is 17.1 Å². The molecule has 0 bridgehead atoms. The molecule has 3 fully saturated rings. The van der Waals surface area contributed by atoms with Crippen LogP contribution in [-0.4, -0.2) is 33.8 Å². The molecule has 0 radical (unpaired) electrons. The second-order valence-electron chi connectivity index (χ2n) is 6.62. The fourth-order valence-corrected chi connectivity index (χ4v) is 5.57. The van der Waals surface area contributed by atoms with Gasteiger partial charge in [0.25, 0.3) is 0 Å². The Morgan fingerprint density at radius 1 is 1.00 bits per heavy atom. The van der Waals surface area contributed by atoms with E-state index in [1.54, 1.807) is 0 Å². The number of thioether (sulfide) groups is 1. The molecule has 0 saturated heterocycles. The summed E-state index contributed by atoms with van der Waals surface area (Å²) in [4.78, 5) is 0. The zero-order valence-electron chi connectivity index (χ0n) is 11.4. The van der Waals surface area contributed by atoms with Crippen LogP contribution in [0.15, 0.2) is 0 Å². The molecule has 18 heavy (non-hydrogen) atoms. The highest BCUT2D eigenvalue weighted by Crippen LogP contribution is 2.41. The van der Waals surface area contributed by atoms with E-state index in [9.17, 15) is 5.11 Å². The number of aliphatic hydroxyl groups excluding tert-OH is 1. The van der Waals surface area contributed by atoms with E-state index >= 15 is 0 Å². The molecule has 0 aromatic carbocycles. The Balaban J connectivity index is 1.55. The Morgan fingerprint density at radius 2 is 1.72 bits per heavy atom. The zero-order valence-corrected chi connectivity index (χ0v) is 12.2. The van der Waals surface area contributed by atoms with Gasteiger partial charge in [-0.2, -0.15) is 11.8 Å². The maximum atomic E-state index is 9.83. The minimum Gasteiger partial charge on any atom is -0.394 e. The van der Waals surface area contributed by atoms with E-state index in [1.807, 2.05) is 0 Å². The van der Waals surface area contributed by atoms with E-state index in [4.69, 9.17) is 0 Å². The van der Waals surface area contributed by atoms with Crippen LogP contribution in [-0.2, 0) is 0 Å². The summed E-state index contributed by atoms with van der Waals surface area (Å²) in [5, 5.41) is 15.3. The maximum Gasteiger partial charge on any atom is 0.0613 e. The molecule has 2 N–H and O–H groups in total. The van der Waals surface area contributed by atoms with Gasteiger partial charge < -0.3 is 10.4 Å². The SMILES string of the molecule is OCC1(NC2CC2)CCCC(SC2CCCC2)C1. The summed E-state index contributed by atoms with van der Waals surface area (Å²) in [5.41, 5.74) is 0.0652. The summed E-state index contributed by atoms with van der Waals surface area (Å²) >= 11 is 2.24. The van der Waals surface area contributed by atoms with Gasteiger partial charge in [0.1, 0.15) is 0 Å². The molecule has 0 spiro atoms. The lowest BCUT2D eigenvalue weighted by Gasteiger charge is -2.41. The van der Waals surface area contributed by atoms with Crippen molar-refractivity contribution in [1.82, 2.24) is 5.32 Å². The Kier molecular flexibility index (Phi) is 4.21. The van der Waals surface area contributed by atoms with Gasteiger partial charge in [-0.3, -0.25) is 0 Å². The lowest BCUT2D eigenvalue weighted by Crippen LogP contribution is -2.53. The lowest BCUT2D eigenvalue weighted by molar-refractivity contribution is 0.121. The van der Waals surface area contributed by atoms with Crippen molar-refractivity contribution in [2.45, 2.75) is 86.3 Å². The van der Waals surface area contributed by atoms with Crippen LogP contribution >= 0.6 is 11.8 Å². The van der Waals surface area contributed by atoms with Crippen LogP contribution in [0.1, 0.15) is 64.2 Å². The molecule has 3 rings (SSSR count). The summed E-state index contributed by atoms with van der Waals surface area (Å²) in [6.45, 7) is 0.339. The molecular formula is C15H27NOS. The highest BCUT2D eigenvalue weighted by molar-refractivity contribution is 8.00. The molecule has 3 heteroatoms. The molecule has 0 aliphatic heterocycles. The molecule has 3 saturated carbocycles. The highest BCUT2D eigenvalue weighted by atomic mass is 32.2. The van der Waals surface area contributed by atoms with Gasteiger partial charge >= 0.3 is 0 Å². The van der Waals surface area contributed by atoms with Crippen molar-refractivity contribution >= 4 is 11.8 Å².